The van der Waals surface area contributed by atoms with Crippen molar-refractivity contribution in [2.24, 2.45) is 17.4 Å². The number of likely N-dealkylation sites (tertiary alicyclic amines) is 1. The lowest BCUT2D eigenvalue weighted by molar-refractivity contribution is 0.0585. The van der Waals surface area contributed by atoms with E-state index >= 15 is 0 Å². The number of hydrogen-bond acceptors (Lipinski definition) is 4. The van der Waals surface area contributed by atoms with Gasteiger partial charge in [-0.3, -0.25) is 9.59 Å². The highest BCUT2D eigenvalue weighted by Gasteiger charge is 2.34. The Labute approximate surface area is 169 Å². The Morgan fingerprint density at radius 2 is 1.90 bits per heavy atom. The van der Waals surface area contributed by atoms with Crippen LogP contribution >= 0.6 is 0 Å². The fraction of sp³-hybridized carbons (Fsp3) is 0.318. The summed E-state index contributed by atoms with van der Waals surface area (Å²) in [6.45, 7) is 5.36. The van der Waals surface area contributed by atoms with E-state index in [9.17, 15) is 9.59 Å². The standard InChI is InChI=1S/C22H25N5O2/c1-14-10-22(2,24)13-26(12-14)21(29)17-9-16-7-8-27(20(16)25-11-17)18-5-3-15(4-6-18)19(23)28/h3-9,11,14H,10,12-13,24H2,1-2H3,(H2,23,28)/t14-,22-/m0/s1. The Morgan fingerprint density at radius 3 is 2.55 bits per heavy atom. The van der Waals surface area contributed by atoms with Gasteiger partial charge >= 0.3 is 0 Å². The van der Waals surface area contributed by atoms with Gasteiger partial charge in [0.05, 0.1) is 5.56 Å². The number of carbonyl (C=O) groups is 2. The van der Waals surface area contributed by atoms with Gasteiger partial charge in [0.2, 0.25) is 5.91 Å². The number of aromatic nitrogens is 2. The van der Waals surface area contributed by atoms with Gasteiger partial charge in [0.15, 0.2) is 0 Å². The first kappa shape index (κ1) is 19.1. The molecule has 1 aliphatic rings. The van der Waals surface area contributed by atoms with Crippen molar-refractivity contribution in [3.05, 3.63) is 59.9 Å². The number of carbonyl (C=O) groups excluding carboxylic acids is 2. The summed E-state index contributed by atoms with van der Waals surface area (Å²) in [5.74, 6) is -0.138. The molecule has 0 saturated carbocycles. The van der Waals surface area contributed by atoms with Crippen molar-refractivity contribution in [2.75, 3.05) is 13.1 Å². The molecule has 1 aliphatic heterocycles. The van der Waals surface area contributed by atoms with Crippen molar-refractivity contribution in [2.45, 2.75) is 25.8 Å². The van der Waals surface area contributed by atoms with E-state index < -0.39 is 5.91 Å². The lowest BCUT2D eigenvalue weighted by Gasteiger charge is -2.41. The number of pyridine rings is 1. The number of nitrogens with two attached hydrogens (primary N) is 2. The van der Waals surface area contributed by atoms with Crippen LogP contribution in [0.3, 0.4) is 0 Å². The number of hydrogen-bond donors (Lipinski definition) is 2. The SMILES string of the molecule is C[C@@H]1CN(C(=O)c2cnc3c(ccn3-c3ccc(C(N)=O)cc3)c2)C[C@@](C)(N)C1. The quantitative estimate of drug-likeness (QED) is 0.714. The van der Waals surface area contributed by atoms with Gasteiger partial charge in [-0.2, -0.15) is 0 Å². The first-order chi connectivity index (χ1) is 13.7. The van der Waals surface area contributed by atoms with E-state index in [2.05, 4.69) is 11.9 Å². The third kappa shape index (κ3) is 3.73. The van der Waals surface area contributed by atoms with Gasteiger partial charge in [0, 0.05) is 47.7 Å². The molecule has 1 fully saturated rings. The van der Waals surface area contributed by atoms with Crippen LogP contribution in [0, 0.1) is 5.92 Å². The second-order valence-electron chi connectivity index (χ2n) is 8.38. The van der Waals surface area contributed by atoms with Crippen LogP contribution in [-0.2, 0) is 0 Å². The number of benzene rings is 1. The van der Waals surface area contributed by atoms with Crippen molar-refractivity contribution in [1.29, 1.82) is 0 Å². The summed E-state index contributed by atoms with van der Waals surface area (Å²) in [5.41, 5.74) is 13.9. The number of nitrogens with zero attached hydrogens (tertiary/aromatic N) is 3. The molecule has 2 atom stereocenters. The summed E-state index contributed by atoms with van der Waals surface area (Å²) in [6.07, 6.45) is 4.42. The Kier molecular flexibility index (Phi) is 4.62. The summed E-state index contributed by atoms with van der Waals surface area (Å²) >= 11 is 0. The molecule has 150 valence electrons. The van der Waals surface area contributed by atoms with Gasteiger partial charge in [-0.15, -0.1) is 0 Å². The molecule has 0 aliphatic carbocycles. The molecule has 0 radical (unpaired) electrons. The zero-order chi connectivity index (χ0) is 20.8. The average Bonchev–Trinajstić information content (AvgIpc) is 3.09. The maximum atomic E-state index is 13.0. The third-order valence-electron chi connectivity index (χ3n) is 5.39. The van der Waals surface area contributed by atoms with Crippen LogP contribution in [0.25, 0.3) is 16.7 Å². The van der Waals surface area contributed by atoms with Gasteiger partial charge in [0.1, 0.15) is 5.65 Å². The molecule has 7 heteroatoms. The minimum atomic E-state index is -0.462. The Bertz CT molecular complexity index is 1080. The van der Waals surface area contributed by atoms with Crippen molar-refractivity contribution < 1.29 is 9.59 Å². The van der Waals surface area contributed by atoms with E-state index in [1.54, 1.807) is 18.3 Å². The van der Waals surface area contributed by atoms with E-state index in [1.165, 1.54) is 0 Å². The number of piperidine rings is 1. The van der Waals surface area contributed by atoms with E-state index in [-0.39, 0.29) is 11.4 Å². The first-order valence-corrected chi connectivity index (χ1v) is 9.69. The van der Waals surface area contributed by atoms with Gasteiger partial charge in [-0.25, -0.2) is 4.98 Å². The van der Waals surface area contributed by atoms with Crippen LogP contribution in [0.1, 0.15) is 41.0 Å². The topological polar surface area (TPSA) is 107 Å². The van der Waals surface area contributed by atoms with Crippen molar-refractivity contribution in [3.8, 4) is 5.69 Å². The highest BCUT2D eigenvalue weighted by molar-refractivity contribution is 5.97. The van der Waals surface area contributed by atoms with E-state index in [1.807, 2.05) is 46.9 Å². The Balaban J connectivity index is 1.63. The van der Waals surface area contributed by atoms with Gasteiger partial charge < -0.3 is 20.9 Å². The molecule has 0 spiro atoms. The monoisotopic (exact) mass is 391 g/mol. The summed E-state index contributed by atoms with van der Waals surface area (Å²) in [6, 6.07) is 10.8. The van der Waals surface area contributed by atoms with E-state index in [0.717, 1.165) is 23.1 Å². The fourth-order valence-corrected chi connectivity index (χ4v) is 4.27. The molecule has 3 aromatic rings. The first-order valence-electron chi connectivity index (χ1n) is 9.69. The molecule has 4 rings (SSSR count). The fourth-order valence-electron chi connectivity index (χ4n) is 4.27. The molecule has 29 heavy (non-hydrogen) atoms. The van der Waals surface area contributed by atoms with Crippen LogP contribution < -0.4 is 11.5 Å². The normalized spacial score (nSPS) is 22.0. The molecular weight excluding hydrogens is 366 g/mol. The van der Waals surface area contributed by atoms with Crippen LogP contribution in [0.2, 0.25) is 0 Å². The lowest BCUT2D eigenvalue weighted by atomic mass is 9.85. The minimum Gasteiger partial charge on any atom is -0.366 e. The van der Waals surface area contributed by atoms with Crippen LogP contribution in [-0.4, -0.2) is 44.9 Å². The van der Waals surface area contributed by atoms with Crippen LogP contribution in [0.15, 0.2) is 48.8 Å². The smallest absolute Gasteiger partial charge is 0.255 e. The van der Waals surface area contributed by atoms with Crippen molar-refractivity contribution in [3.63, 3.8) is 0 Å². The number of rotatable bonds is 3. The molecule has 1 saturated heterocycles. The van der Waals surface area contributed by atoms with E-state index in [0.29, 0.717) is 30.1 Å². The second kappa shape index (κ2) is 7.00. The summed E-state index contributed by atoms with van der Waals surface area (Å²) in [4.78, 5) is 30.7. The molecule has 2 amide bonds. The highest BCUT2D eigenvalue weighted by Crippen LogP contribution is 2.25. The third-order valence-corrected chi connectivity index (χ3v) is 5.39. The number of primary amides is 1. The highest BCUT2D eigenvalue weighted by atomic mass is 16.2. The largest absolute Gasteiger partial charge is 0.366 e. The van der Waals surface area contributed by atoms with Crippen molar-refractivity contribution >= 4 is 22.8 Å². The Hall–Kier alpha value is -3.19. The summed E-state index contributed by atoms with van der Waals surface area (Å²) < 4.78 is 1.91. The summed E-state index contributed by atoms with van der Waals surface area (Å²) in [7, 11) is 0. The van der Waals surface area contributed by atoms with Gasteiger partial charge in [-0.1, -0.05) is 6.92 Å². The molecule has 7 nitrogen and oxygen atoms in total. The number of amides is 2. The maximum Gasteiger partial charge on any atom is 0.255 e. The van der Waals surface area contributed by atoms with Crippen LogP contribution in [0.4, 0.5) is 0 Å². The van der Waals surface area contributed by atoms with Gasteiger partial charge in [-0.05, 0) is 55.7 Å². The molecule has 4 N–H and O–H groups in total. The summed E-state index contributed by atoms with van der Waals surface area (Å²) in [5, 5.41) is 0.871. The van der Waals surface area contributed by atoms with Gasteiger partial charge in [0.25, 0.3) is 5.91 Å². The lowest BCUT2D eigenvalue weighted by Crippen LogP contribution is -2.56. The minimum absolute atomic E-state index is 0.0406. The van der Waals surface area contributed by atoms with Crippen molar-refractivity contribution in [1.82, 2.24) is 14.5 Å². The van der Waals surface area contributed by atoms with E-state index in [4.69, 9.17) is 11.5 Å². The van der Waals surface area contributed by atoms with Crippen LogP contribution in [0.5, 0.6) is 0 Å². The Morgan fingerprint density at radius 1 is 1.17 bits per heavy atom. The second-order valence-corrected chi connectivity index (χ2v) is 8.38. The average molecular weight is 391 g/mol. The zero-order valence-electron chi connectivity index (χ0n) is 16.6. The molecule has 0 unspecified atom stereocenters. The maximum absolute atomic E-state index is 13.0. The molecule has 0 bridgehead atoms. The molecule has 3 heterocycles. The predicted octanol–water partition coefficient (Wildman–Crippen LogP) is 2.32. The zero-order valence-corrected chi connectivity index (χ0v) is 16.6. The molecule has 1 aromatic carbocycles. The molecule has 2 aromatic heterocycles. The molecular formula is C22H25N5O2. The number of fused-ring (bicyclic) bond motifs is 1. The predicted molar refractivity (Wildman–Crippen MR) is 112 cm³/mol.